The quantitative estimate of drug-likeness (QED) is 0.131. The molecule has 24 aromatic rings. The number of fused-ring (bicyclic) bond motifs is 18. The molecule has 0 fully saturated rings. The molecule has 0 aliphatic heterocycles. The van der Waals surface area contributed by atoms with Crippen LogP contribution in [0.1, 0.15) is 0 Å². The first-order valence-electron chi connectivity index (χ1n) is 39.2. The first-order valence-corrected chi connectivity index (χ1v) is 39.2. The van der Waals surface area contributed by atoms with Crippen molar-refractivity contribution < 1.29 is 0 Å². The number of para-hydroxylation sites is 8. The minimum Gasteiger partial charge on any atom is -0.309 e. The molecule has 0 saturated carbocycles. The van der Waals surface area contributed by atoms with Crippen molar-refractivity contribution in [2.75, 3.05) is 0 Å². The molecule has 532 valence electrons. The van der Waals surface area contributed by atoms with Crippen LogP contribution in [0.15, 0.2) is 425 Å². The van der Waals surface area contributed by atoms with Crippen LogP contribution in [0.3, 0.4) is 0 Å². The second-order valence-corrected chi connectivity index (χ2v) is 29.9. The largest absolute Gasteiger partial charge is 0.309 e. The SMILES string of the molecule is c1ccc(-c2ccc3c(c2)c2cc(-c4ccc(-n5c6ccccc6c6ccccc65)cc4)ccc2n3-c2cccc(-n3c4ccccc4c4ccccc43)c2)cc1.c1ccc(-c2ccc3c(c2)c2ccccc2n3-c2cccc(-n3c4ccccc4c4cc(-c5ccc(-n6c7ccccc7c7ccccc76)cc5)ccc43)c2)cc1. The summed E-state index contributed by atoms with van der Waals surface area (Å²) in [4.78, 5) is 0. The van der Waals surface area contributed by atoms with E-state index in [4.69, 9.17) is 0 Å². The molecular formula is C108H70N6. The average Bonchev–Trinajstić information content (AvgIpc) is 1.65. The van der Waals surface area contributed by atoms with Crippen LogP contribution in [-0.4, -0.2) is 27.4 Å². The summed E-state index contributed by atoms with van der Waals surface area (Å²) < 4.78 is 14.4. The van der Waals surface area contributed by atoms with Gasteiger partial charge in [0.05, 0.1) is 66.2 Å². The van der Waals surface area contributed by atoms with Crippen LogP contribution >= 0.6 is 0 Å². The van der Waals surface area contributed by atoms with Crippen molar-refractivity contribution >= 4 is 131 Å². The highest BCUT2D eigenvalue weighted by atomic mass is 15.0. The highest BCUT2D eigenvalue weighted by Crippen LogP contribution is 2.44. The summed E-state index contributed by atoms with van der Waals surface area (Å²) in [6, 6.07) is 155. The Bertz CT molecular complexity index is 7800. The normalized spacial score (nSPS) is 11.9. The van der Waals surface area contributed by atoms with Crippen LogP contribution < -0.4 is 0 Å². The van der Waals surface area contributed by atoms with Crippen LogP contribution in [0.5, 0.6) is 0 Å². The monoisotopic (exact) mass is 1450 g/mol. The van der Waals surface area contributed by atoms with E-state index >= 15 is 0 Å². The van der Waals surface area contributed by atoms with E-state index in [9.17, 15) is 0 Å². The van der Waals surface area contributed by atoms with E-state index in [1.165, 1.54) is 175 Å². The fourth-order valence-corrected chi connectivity index (χ4v) is 18.5. The fourth-order valence-electron chi connectivity index (χ4n) is 18.5. The van der Waals surface area contributed by atoms with E-state index in [-0.39, 0.29) is 0 Å². The van der Waals surface area contributed by atoms with Gasteiger partial charge in [0.1, 0.15) is 0 Å². The molecule has 0 N–H and O–H groups in total. The topological polar surface area (TPSA) is 29.6 Å². The Labute approximate surface area is 657 Å². The lowest BCUT2D eigenvalue weighted by molar-refractivity contribution is 1.13. The summed E-state index contributed by atoms with van der Waals surface area (Å²) in [6.45, 7) is 0. The lowest BCUT2D eigenvalue weighted by Gasteiger charge is -2.13. The Morgan fingerprint density at radius 1 is 0.0965 bits per heavy atom. The van der Waals surface area contributed by atoms with Gasteiger partial charge in [-0.1, -0.05) is 267 Å². The number of hydrogen-bond acceptors (Lipinski definition) is 0. The molecular weight excluding hydrogens is 1380 g/mol. The Balaban J connectivity index is 0.000000135. The Morgan fingerprint density at radius 2 is 0.272 bits per heavy atom. The second-order valence-electron chi connectivity index (χ2n) is 29.9. The molecule has 6 aromatic heterocycles. The van der Waals surface area contributed by atoms with Crippen LogP contribution in [-0.2, 0) is 0 Å². The van der Waals surface area contributed by atoms with Gasteiger partial charge in [0, 0.05) is 98.8 Å². The number of aromatic nitrogens is 6. The van der Waals surface area contributed by atoms with E-state index in [1.807, 2.05) is 0 Å². The van der Waals surface area contributed by atoms with Crippen LogP contribution in [0.4, 0.5) is 0 Å². The summed E-state index contributed by atoms with van der Waals surface area (Å²) in [6.07, 6.45) is 0. The van der Waals surface area contributed by atoms with Crippen LogP contribution in [0.2, 0.25) is 0 Å². The van der Waals surface area contributed by atoms with Gasteiger partial charge >= 0.3 is 0 Å². The van der Waals surface area contributed by atoms with Crippen LogP contribution in [0.25, 0.3) is 209 Å². The smallest absolute Gasteiger partial charge is 0.0541 e. The Kier molecular flexibility index (Phi) is 14.9. The van der Waals surface area contributed by atoms with Crippen molar-refractivity contribution in [2.45, 2.75) is 0 Å². The number of hydrogen-bond donors (Lipinski definition) is 0. The highest BCUT2D eigenvalue weighted by Gasteiger charge is 2.22. The molecule has 18 aromatic carbocycles. The second kappa shape index (κ2) is 26.2. The molecule has 0 unspecified atom stereocenters. The third-order valence-corrected chi connectivity index (χ3v) is 23.7. The standard InChI is InChI=1S/2C54H35N3/c1-2-13-36(14-3-1)38-27-31-53-47(33-38)45-19-6-10-23-51(45)56(53)41-15-12-16-42(35-41)57-52-24-11-7-20-46(52)48-34-39(28-32-54(48)57)37-25-29-40(30-26-37)55-49-21-8-4-17-43(49)44-18-5-9-22-50(44)55;1-2-13-36(14-3-1)38-27-31-53-47(33-38)48-34-39(37-25-29-40(30-26-37)55-49-21-8-4-17-43(49)44-18-5-9-22-50(44)55)28-32-54(48)57(53)42-16-12-15-41(35-42)56-51-23-10-6-19-45(51)46-20-7-11-24-52(46)56/h2*1-35H. The molecule has 114 heavy (non-hydrogen) atoms. The molecule has 6 heterocycles. The summed E-state index contributed by atoms with van der Waals surface area (Å²) in [7, 11) is 0. The third-order valence-electron chi connectivity index (χ3n) is 23.7. The van der Waals surface area contributed by atoms with Gasteiger partial charge in [-0.25, -0.2) is 0 Å². The first-order chi connectivity index (χ1) is 56.6. The van der Waals surface area contributed by atoms with Gasteiger partial charge in [-0.3, -0.25) is 0 Å². The van der Waals surface area contributed by atoms with E-state index in [1.54, 1.807) is 0 Å². The van der Waals surface area contributed by atoms with Gasteiger partial charge in [0.15, 0.2) is 0 Å². The molecule has 6 heteroatoms. The number of benzene rings is 18. The molecule has 0 aliphatic rings. The van der Waals surface area contributed by atoms with Crippen molar-refractivity contribution in [2.24, 2.45) is 0 Å². The minimum absolute atomic E-state index is 1.13. The molecule has 0 amide bonds. The van der Waals surface area contributed by atoms with Gasteiger partial charge in [-0.2, -0.15) is 0 Å². The van der Waals surface area contributed by atoms with Gasteiger partial charge in [-0.15, -0.1) is 0 Å². The van der Waals surface area contributed by atoms with Gasteiger partial charge in [0.2, 0.25) is 0 Å². The fraction of sp³-hybridized carbons (Fsp3) is 0. The minimum atomic E-state index is 1.13. The molecule has 24 rings (SSSR count). The van der Waals surface area contributed by atoms with Crippen LogP contribution in [0, 0.1) is 0 Å². The zero-order valence-electron chi connectivity index (χ0n) is 62.1. The van der Waals surface area contributed by atoms with Crippen molar-refractivity contribution in [3.63, 3.8) is 0 Å². The maximum absolute atomic E-state index is 2.44. The number of nitrogens with zero attached hydrogens (tertiary/aromatic N) is 6. The zero-order chi connectivity index (χ0) is 74.9. The Morgan fingerprint density at radius 3 is 0.518 bits per heavy atom. The van der Waals surface area contributed by atoms with Crippen molar-refractivity contribution in [1.29, 1.82) is 0 Å². The summed E-state index contributed by atoms with van der Waals surface area (Å²) in [5.41, 5.74) is 31.0. The predicted molar refractivity (Wildman–Crippen MR) is 481 cm³/mol. The van der Waals surface area contributed by atoms with Gasteiger partial charge in [0.25, 0.3) is 0 Å². The average molecular weight is 1450 g/mol. The molecule has 0 atom stereocenters. The van der Waals surface area contributed by atoms with Crippen molar-refractivity contribution in [1.82, 2.24) is 27.4 Å². The third kappa shape index (κ3) is 10.4. The van der Waals surface area contributed by atoms with Crippen molar-refractivity contribution in [3.8, 4) is 78.6 Å². The van der Waals surface area contributed by atoms with Crippen molar-refractivity contribution in [3.05, 3.63) is 425 Å². The first kappa shape index (κ1) is 64.7. The Hall–Kier alpha value is -15.2. The van der Waals surface area contributed by atoms with E-state index in [2.05, 4.69) is 452 Å². The maximum atomic E-state index is 2.44. The zero-order valence-corrected chi connectivity index (χ0v) is 62.1. The molecule has 0 aliphatic carbocycles. The maximum Gasteiger partial charge on any atom is 0.0541 e. The predicted octanol–water partition coefficient (Wildman–Crippen LogP) is 28.6. The van der Waals surface area contributed by atoms with E-state index in [0.717, 1.165) is 34.1 Å². The molecule has 0 spiro atoms. The summed E-state index contributed by atoms with van der Waals surface area (Å²) in [5.74, 6) is 0. The van der Waals surface area contributed by atoms with E-state index < -0.39 is 0 Å². The molecule has 0 radical (unpaired) electrons. The highest BCUT2D eigenvalue weighted by molar-refractivity contribution is 6.16. The van der Waals surface area contributed by atoms with E-state index in [0.29, 0.717) is 0 Å². The summed E-state index contributed by atoms with van der Waals surface area (Å²) >= 11 is 0. The van der Waals surface area contributed by atoms with Gasteiger partial charge in [-0.05, 0) is 202 Å². The lowest BCUT2D eigenvalue weighted by Crippen LogP contribution is -1.98. The molecule has 0 saturated heterocycles. The van der Waals surface area contributed by atoms with Gasteiger partial charge < -0.3 is 27.4 Å². The molecule has 6 nitrogen and oxygen atoms in total. The number of rotatable bonds is 10. The summed E-state index contributed by atoms with van der Waals surface area (Å²) in [5, 5.41) is 15.1. The lowest BCUT2D eigenvalue weighted by atomic mass is 10.00. The molecule has 0 bridgehead atoms.